The summed E-state index contributed by atoms with van der Waals surface area (Å²) in [4.78, 5) is 0. The summed E-state index contributed by atoms with van der Waals surface area (Å²) < 4.78 is 1.47. The van der Waals surface area contributed by atoms with Gasteiger partial charge < -0.3 is 4.48 Å². The molecule has 0 amide bonds. The molecule has 1 rings (SSSR count). The van der Waals surface area contributed by atoms with Crippen molar-refractivity contribution in [2.75, 3.05) is 26.2 Å². The minimum atomic E-state index is 1.37. The van der Waals surface area contributed by atoms with Gasteiger partial charge in [0.25, 0.3) is 0 Å². The van der Waals surface area contributed by atoms with Gasteiger partial charge >= 0.3 is 0 Å². The molecule has 0 spiro atoms. The summed E-state index contributed by atoms with van der Waals surface area (Å²) >= 11 is 0. The first-order valence-corrected chi connectivity index (χ1v) is 10.2. The van der Waals surface area contributed by atoms with Crippen molar-refractivity contribution < 1.29 is 4.48 Å². The van der Waals surface area contributed by atoms with Gasteiger partial charge in [-0.25, -0.2) is 0 Å². The van der Waals surface area contributed by atoms with Crippen LogP contribution in [0.25, 0.3) is 0 Å². The largest absolute Gasteiger partial charge is 0.324 e. The van der Waals surface area contributed by atoms with Gasteiger partial charge in [-0.2, -0.15) is 0 Å². The van der Waals surface area contributed by atoms with Crippen LogP contribution in [0.15, 0.2) is 0 Å². The number of hydrogen-bond acceptors (Lipinski definition) is 0. The van der Waals surface area contributed by atoms with Gasteiger partial charge in [0.05, 0.1) is 26.2 Å². The zero-order chi connectivity index (χ0) is 15.2. The van der Waals surface area contributed by atoms with Crippen molar-refractivity contribution in [3.63, 3.8) is 0 Å². The molecule has 1 fully saturated rings. The van der Waals surface area contributed by atoms with Gasteiger partial charge in [0.2, 0.25) is 0 Å². The Bertz CT molecular complexity index is 218. The molecule has 0 aromatic rings. The molecule has 0 unspecified atom stereocenters. The second kappa shape index (κ2) is 12.5. The highest BCUT2D eigenvalue weighted by molar-refractivity contribution is 4.56. The molecule has 0 saturated carbocycles. The maximum Gasteiger partial charge on any atom is 0.0788 e. The van der Waals surface area contributed by atoms with Gasteiger partial charge in [0.1, 0.15) is 0 Å². The molecule has 0 atom stereocenters. The van der Waals surface area contributed by atoms with E-state index < -0.39 is 0 Å². The predicted octanol–water partition coefficient (Wildman–Crippen LogP) is 6.32. The van der Waals surface area contributed by atoms with Crippen molar-refractivity contribution in [2.45, 2.75) is 104 Å². The van der Waals surface area contributed by atoms with Gasteiger partial charge in [-0.15, -0.1) is 0 Å². The Balaban J connectivity index is 1.88. The third kappa shape index (κ3) is 8.86. The summed E-state index contributed by atoms with van der Waals surface area (Å²) in [6.45, 7) is 10.5. The van der Waals surface area contributed by atoms with Crippen LogP contribution < -0.4 is 0 Å². The third-order valence-electron chi connectivity index (χ3n) is 5.45. The van der Waals surface area contributed by atoms with Crippen LogP contribution in [-0.4, -0.2) is 30.7 Å². The number of rotatable bonds is 14. The van der Waals surface area contributed by atoms with E-state index in [1.165, 1.54) is 121 Å². The molecule has 1 aliphatic heterocycles. The molecule has 0 radical (unpaired) electrons. The summed E-state index contributed by atoms with van der Waals surface area (Å²) in [5.41, 5.74) is 0. The first-order chi connectivity index (χ1) is 10.3. The van der Waals surface area contributed by atoms with E-state index in [9.17, 15) is 0 Å². The van der Waals surface area contributed by atoms with Crippen LogP contribution in [0.4, 0.5) is 0 Å². The molecule has 1 heterocycles. The number of quaternary nitrogens is 1. The van der Waals surface area contributed by atoms with Crippen LogP contribution in [-0.2, 0) is 0 Å². The zero-order valence-electron chi connectivity index (χ0n) is 15.2. The number of likely N-dealkylation sites (tertiary alicyclic amines) is 1. The Morgan fingerprint density at radius 1 is 0.524 bits per heavy atom. The Labute approximate surface area is 135 Å². The maximum atomic E-state index is 2.36. The minimum absolute atomic E-state index is 1.37. The first kappa shape index (κ1) is 19.0. The smallest absolute Gasteiger partial charge is 0.0788 e. The number of nitrogens with zero attached hydrogens (tertiary/aromatic N) is 1. The monoisotopic (exact) mass is 296 g/mol. The highest BCUT2D eigenvalue weighted by Gasteiger charge is 2.29. The van der Waals surface area contributed by atoms with E-state index >= 15 is 0 Å². The van der Waals surface area contributed by atoms with E-state index in [1.807, 2.05) is 0 Å². The quantitative estimate of drug-likeness (QED) is 0.260. The van der Waals surface area contributed by atoms with Crippen molar-refractivity contribution in [1.82, 2.24) is 0 Å². The first-order valence-electron chi connectivity index (χ1n) is 10.2. The number of hydrogen-bond donors (Lipinski definition) is 0. The predicted molar refractivity (Wildman–Crippen MR) is 95.7 cm³/mol. The van der Waals surface area contributed by atoms with Crippen LogP contribution in [0.1, 0.15) is 104 Å². The van der Waals surface area contributed by atoms with Crippen molar-refractivity contribution in [3.8, 4) is 0 Å². The van der Waals surface area contributed by atoms with Crippen molar-refractivity contribution in [3.05, 3.63) is 0 Å². The van der Waals surface area contributed by atoms with E-state index in [4.69, 9.17) is 0 Å². The van der Waals surface area contributed by atoms with Crippen LogP contribution in [0, 0.1) is 0 Å². The Kier molecular flexibility index (Phi) is 11.3. The number of unbranched alkanes of at least 4 members (excludes halogenated alkanes) is 10. The zero-order valence-corrected chi connectivity index (χ0v) is 15.2. The van der Waals surface area contributed by atoms with Gasteiger partial charge in [-0.05, 0) is 19.3 Å². The standard InChI is InChI=1S/C20H42N/c1-3-5-6-7-8-9-10-11-12-13-14-18-21(17-4-2)19-15-16-20-21/h3-20H2,1-2H3/q+1. The SMILES string of the molecule is CCCCCCCCCCCCC[N+]1(CCC)CCCC1. The molecule has 1 aliphatic rings. The fourth-order valence-electron chi connectivity index (χ4n) is 4.15. The minimum Gasteiger partial charge on any atom is -0.324 e. The Morgan fingerprint density at radius 2 is 1.00 bits per heavy atom. The maximum absolute atomic E-state index is 2.36. The van der Waals surface area contributed by atoms with E-state index in [2.05, 4.69) is 13.8 Å². The van der Waals surface area contributed by atoms with Gasteiger partial charge in [0, 0.05) is 12.8 Å². The van der Waals surface area contributed by atoms with Crippen LogP contribution in [0.3, 0.4) is 0 Å². The summed E-state index contributed by atoms with van der Waals surface area (Å²) in [5, 5.41) is 0. The Morgan fingerprint density at radius 3 is 1.48 bits per heavy atom. The lowest BCUT2D eigenvalue weighted by atomic mass is 10.1. The van der Waals surface area contributed by atoms with Crippen LogP contribution in [0.5, 0.6) is 0 Å². The lowest BCUT2D eigenvalue weighted by Gasteiger charge is -2.34. The lowest BCUT2D eigenvalue weighted by Crippen LogP contribution is -2.46. The molecule has 0 aromatic heterocycles. The van der Waals surface area contributed by atoms with Gasteiger partial charge in [-0.1, -0.05) is 71.6 Å². The molecule has 21 heavy (non-hydrogen) atoms. The normalized spacial score (nSPS) is 17.4. The van der Waals surface area contributed by atoms with Gasteiger partial charge in [-0.3, -0.25) is 0 Å². The fraction of sp³-hybridized carbons (Fsp3) is 1.00. The van der Waals surface area contributed by atoms with Crippen molar-refractivity contribution in [2.24, 2.45) is 0 Å². The molecule has 0 bridgehead atoms. The highest BCUT2D eigenvalue weighted by Crippen LogP contribution is 2.21. The van der Waals surface area contributed by atoms with E-state index in [0.717, 1.165) is 0 Å². The molecule has 126 valence electrons. The molecule has 1 nitrogen and oxygen atoms in total. The summed E-state index contributed by atoms with van der Waals surface area (Å²) in [7, 11) is 0. The Hall–Kier alpha value is -0.0400. The van der Waals surface area contributed by atoms with E-state index in [1.54, 1.807) is 0 Å². The molecule has 1 heteroatoms. The second-order valence-electron chi connectivity index (χ2n) is 7.48. The average Bonchev–Trinajstić information content (AvgIpc) is 2.94. The average molecular weight is 297 g/mol. The second-order valence-corrected chi connectivity index (χ2v) is 7.48. The lowest BCUT2D eigenvalue weighted by molar-refractivity contribution is -0.917. The molecule has 0 aliphatic carbocycles. The fourth-order valence-corrected chi connectivity index (χ4v) is 4.15. The van der Waals surface area contributed by atoms with E-state index in [0.29, 0.717) is 0 Å². The van der Waals surface area contributed by atoms with Crippen LogP contribution in [0.2, 0.25) is 0 Å². The highest BCUT2D eigenvalue weighted by atomic mass is 15.4. The third-order valence-corrected chi connectivity index (χ3v) is 5.45. The van der Waals surface area contributed by atoms with Crippen molar-refractivity contribution >= 4 is 0 Å². The molecular weight excluding hydrogens is 254 g/mol. The summed E-state index contributed by atoms with van der Waals surface area (Å²) in [6.07, 6.45) is 20.5. The summed E-state index contributed by atoms with van der Waals surface area (Å²) in [5.74, 6) is 0. The van der Waals surface area contributed by atoms with E-state index in [-0.39, 0.29) is 0 Å². The topological polar surface area (TPSA) is 0 Å². The van der Waals surface area contributed by atoms with Gasteiger partial charge in [0.15, 0.2) is 0 Å². The van der Waals surface area contributed by atoms with Crippen LogP contribution >= 0.6 is 0 Å². The molecule has 1 saturated heterocycles. The molecular formula is C20H42N+. The molecule has 0 aromatic carbocycles. The summed E-state index contributed by atoms with van der Waals surface area (Å²) in [6, 6.07) is 0. The molecule has 0 N–H and O–H groups in total. The van der Waals surface area contributed by atoms with Crippen molar-refractivity contribution in [1.29, 1.82) is 0 Å².